The van der Waals surface area contributed by atoms with Crippen LogP contribution < -0.4 is 5.73 Å². The number of nitrogens with two attached hydrogens (primary N) is 1. The highest BCUT2D eigenvalue weighted by Crippen LogP contribution is 2.42. The molecule has 0 aliphatic heterocycles. The molecule has 2 aromatic heterocycles. The molecule has 0 aliphatic carbocycles. The van der Waals surface area contributed by atoms with E-state index in [1.807, 2.05) is 30.3 Å². The van der Waals surface area contributed by atoms with E-state index < -0.39 is 20.0 Å². The van der Waals surface area contributed by atoms with Crippen molar-refractivity contribution in [3.63, 3.8) is 0 Å². The first-order valence-corrected chi connectivity index (χ1v) is 20.4. The van der Waals surface area contributed by atoms with Crippen molar-refractivity contribution in [3.05, 3.63) is 47.4 Å². The third-order valence-corrected chi connectivity index (χ3v) is 9.73. The molecule has 11 nitrogen and oxygen atoms in total. The molecule has 276 valence electrons. The van der Waals surface area contributed by atoms with Gasteiger partial charge in [0.2, 0.25) is 5.95 Å². The van der Waals surface area contributed by atoms with Crippen LogP contribution in [0.2, 0.25) is 5.15 Å². The summed E-state index contributed by atoms with van der Waals surface area (Å²) in [7, 11) is -4.04. The first-order chi connectivity index (χ1) is 23.9. The largest absolute Gasteiger partial charge is 0.379 e. The maximum Gasteiger partial charge on any atom is 0.353 e. The van der Waals surface area contributed by atoms with Crippen LogP contribution in [0.15, 0.2) is 36.7 Å². The molecule has 49 heavy (non-hydrogen) atoms. The van der Waals surface area contributed by atoms with Gasteiger partial charge >= 0.3 is 7.60 Å². The number of aromatic nitrogens is 4. The van der Waals surface area contributed by atoms with Gasteiger partial charge < -0.3 is 33.9 Å². The minimum absolute atomic E-state index is 0.0338. The molecular weight excluding hydrogens is 665 g/mol. The number of rotatable bonds is 30. The Hall–Kier alpha value is -2.11. The fourth-order valence-corrected chi connectivity index (χ4v) is 6.62. The molecule has 0 fully saturated rings. The molecule has 2 atom stereocenters. The summed E-state index contributed by atoms with van der Waals surface area (Å²) in [6, 6.07) is 9.77. The predicted octanol–water partition coefficient (Wildman–Crippen LogP) is 9.10. The normalized spacial score (nSPS) is 13.6. The van der Waals surface area contributed by atoms with Crippen LogP contribution in [0.25, 0.3) is 11.2 Å². The van der Waals surface area contributed by atoms with Crippen molar-refractivity contribution in [1.82, 2.24) is 19.5 Å². The lowest BCUT2D eigenvalue weighted by Crippen LogP contribution is -2.26. The number of hydrogen-bond donors (Lipinski definition) is 2. The molecule has 3 rings (SSSR count). The van der Waals surface area contributed by atoms with Gasteiger partial charge in [-0.3, -0.25) is 4.57 Å². The van der Waals surface area contributed by atoms with Gasteiger partial charge in [-0.25, -0.2) is 4.98 Å². The Bertz CT molecular complexity index is 1330. The Labute approximate surface area is 298 Å². The van der Waals surface area contributed by atoms with E-state index in [1.165, 1.54) is 96.2 Å². The van der Waals surface area contributed by atoms with Gasteiger partial charge in [-0.15, -0.1) is 0 Å². The van der Waals surface area contributed by atoms with Gasteiger partial charge in [0.05, 0.1) is 32.8 Å². The van der Waals surface area contributed by atoms with Crippen molar-refractivity contribution in [3.8, 4) is 0 Å². The fraction of sp³-hybridized carbons (Fsp3) is 0.694. The summed E-state index contributed by atoms with van der Waals surface area (Å²) in [4.78, 5) is 22.7. The summed E-state index contributed by atoms with van der Waals surface area (Å²) in [5, 5.41) is 0.161. The molecule has 0 bridgehead atoms. The highest BCUT2D eigenvalue weighted by Gasteiger charge is 2.23. The summed E-state index contributed by atoms with van der Waals surface area (Å²) in [6.07, 6.45) is 21.7. The smallest absolute Gasteiger partial charge is 0.353 e. The standard InChI is InChI=1S/C36H59ClN5O6P/c1-2-3-4-5-6-7-8-9-10-11-12-13-14-15-16-20-24-45-27-32(47-26-31-21-18-17-19-22-31)28-48-49(43,44)30-46-25-23-42-29-39-33-34(37)40-36(38)41-35(33)42/h17-19,21-22,29,32H,2-16,20,23-28,30H2,1H3,(H,43,44)(H2,38,40,41)/t32-/m0/s1. The SMILES string of the molecule is CCCCCCCCCCCCCCCCCCOC[C@@H](COP(=O)(O)COCCn1cnc2c(Cl)nc(N)nc21)OCc1ccccc1. The molecule has 1 aromatic carbocycles. The van der Waals surface area contributed by atoms with E-state index in [0.29, 0.717) is 30.9 Å². The van der Waals surface area contributed by atoms with Crippen LogP contribution in [-0.4, -0.2) is 63.3 Å². The average Bonchev–Trinajstić information content (AvgIpc) is 3.50. The lowest BCUT2D eigenvalue weighted by atomic mass is 10.0. The van der Waals surface area contributed by atoms with E-state index >= 15 is 0 Å². The second-order valence-electron chi connectivity index (χ2n) is 12.8. The van der Waals surface area contributed by atoms with Crippen molar-refractivity contribution in [1.29, 1.82) is 0 Å². The van der Waals surface area contributed by atoms with Gasteiger partial charge in [-0.05, 0) is 12.0 Å². The van der Waals surface area contributed by atoms with Crippen LogP contribution in [0.3, 0.4) is 0 Å². The lowest BCUT2D eigenvalue weighted by molar-refractivity contribution is -0.0477. The molecule has 0 saturated heterocycles. The van der Waals surface area contributed by atoms with Gasteiger partial charge in [0.25, 0.3) is 0 Å². The number of benzene rings is 1. The molecule has 0 spiro atoms. The number of hydrogen-bond acceptors (Lipinski definition) is 9. The molecule has 1 unspecified atom stereocenters. The zero-order valence-electron chi connectivity index (χ0n) is 29.5. The number of halogens is 1. The van der Waals surface area contributed by atoms with Gasteiger partial charge in [0.15, 0.2) is 10.8 Å². The first kappa shape index (κ1) is 41.3. The molecule has 0 aliphatic rings. The van der Waals surface area contributed by atoms with Crippen molar-refractivity contribution in [2.45, 2.75) is 129 Å². The van der Waals surface area contributed by atoms with Gasteiger partial charge in [-0.1, -0.05) is 145 Å². The van der Waals surface area contributed by atoms with Gasteiger partial charge in [0, 0.05) is 13.2 Å². The summed E-state index contributed by atoms with van der Waals surface area (Å²) in [5.41, 5.74) is 7.58. The van der Waals surface area contributed by atoms with Gasteiger partial charge in [-0.2, -0.15) is 9.97 Å². The molecular formula is C36H59ClN5O6P. The minimum Gasteiger partial charge on any atom is -0.379 e. The number of ether oxygens (including phenoxy) is 3. The number of nitrogens with zero attached hydrogens (tertiary/aromatic N) is 4. The van der Waals surface area contributed by atoms with E-state index in [4.69, 9.17) is 36.1 Å². The Balaban J connectivity index is 1.26. The molecule has 0 saturated carbocycles. The monoisotopic (exact) mass is 723 g/mol. The third-order valence-electron chi connectivity index (χ3n) is 8.41. The molecule has 2 heterocycles. The highest BCUT2D eigenvalue weighted by molar-refractivity contribution is 7.52. The van der Waals surface area contributed by atoms with Crippen molar-refractivity contribution in [2.75, 3.05) is 38.5 Å². The Morgan fingerprint density at radius 3 is 2.08 bits per heavy atom. The Morgan fingerprint density at radius 2 is 1.45 bits per heavy atom. The predicted molar refractivity (Wildman–Crippen MR) is 197 cm³/mol. The second-order valence-corrected chi connectivity index (χ2v) is 14.9. The molecule has 0 amide bonds. The zero-order valence-corrected chi connectivity index (χ0v) is 31.1. The van der Waals surface area contributed by atoms with Crippen molar-refractivity contribution in [2.24, 2.45) is 0 Å². The van der Waals surface area contributed by atoms with Crippen molar-refractivity contribution >= 4 is 36.3 Å². The number of imidazole rings is 1. The highest BCUT2D eigenvalue weighted by atomic mass is 35.5. The van der Waals surface area contributed by atoms with Gasteiger partial charge in [0.1, 0.15) is 18.0 Å². The molecule has 13 heteroatoms. The first-order valence-electron chi connectivity index (χ1n) is 18.3. The molecule has 3 N–H and O–H groups in total. The number of unbranched alkanes of at least 4 members (excludes halogenated alkanes) is 15. The maximum atomic E-state index is 12.7. The summed E-state index contributed by atoms with van der Waals surface area (Å²) < 4.78 is 37.3. The lowest BCUT2D eigenvalue weighted by Gasteiger charge is -2.20. The van der Waals surface area contributed by atoms with Crippen LogP contribution in [0.5, 0.6) is 0 Å². The van der Waals surface area contributed by atoms with Crippen LogP contribution in [0.4, 0.5) is 5.95 Å². The topological polar surface area (TPSA) is 144 Å². The number of anilines is 1. The van der Waals surface area contributed by atoms with Crippen LogP contribution in [-0.2, 0) is 36.5 Å². The van der Waals surface area contributed by atoms with Crippen LogP contribution in [0, 0.1) is 0 Å². The second kappa shape index (κ2) is 24.9. The summed E-state index contributed by atoms with van der Waals surface area (Å²) in [6.45, 7) is 3.86. The molecule has 0 radical (unpaired) electrons. The third kappa shape index (κ3) is 18.1. The Kier molecular flexibility index (Phi) is 21.0. The number of nitrogen functional groups attached to an aromatic ring is 1. The van der Waals surface area contributed by atoms with E-state index in [1.54, 1.807) is 4.57 Å². The zero-order chi connectivity index (χ0) is 35.0. The summed E-state index contributed by atoms with van der Waals surface area (Å²) in [5.74, 6) is 0.0338. The number of fused-ring (bicyclic) bond motifs is 1. The quantitative estimate of drug-likeness (QED) is 0.0388. The van der Waals surface area contributed by atoms with Crippen molar-refractivity contribution < 1.29 is 28.2 Å². The Morgan fingerprint density at radius 1 is 0.837 bits per heavy atom. The molecule has 3 aromatic rings. The summed E-state index contributed by atoms with van der Waals surface area (Å²) >= 11 is 6.07. The van der Waals surface area contributed by atoms with E-state index in [2.05, 4.69) is 21.9 Å². The minimum atomic E-state index is -4.04. The fourth-order valence-electron chi connectivity index (χ4n) is 5.57. The maximum absolute atomic E-state index is 12.7. The van der Waals surface area contributed by atoms with E-state index in [9.17, 15) is 9.46 Å². The average molecular weight is 724 g/mol. The van der Waals surface area contributed by atoms with E-state index in [0.717, 1.165) is 18.4 Å². The van der Waals surface area contributed by atoms with E-state index in [-0.39, 0.29) is 30.9 Å². The van der Waals surface area contributed by atoms with Crippen LogP contribution in [0.1, 0.15) is 115 Å². The van der Waals surface area contributed by atoms with Crippen LogP contribution >= 0.6 is 19.2 Å².